The van der Waals surface area contributed by atoms with Crippen molar-refractivity contribution in [1.82, 2.24) is 20.2 Å². The molecule has 0 saturated heterocycles. The smallest absolute Gasteiger partial charge is 0.249 e. The second-order valence-electron chi connectivity index (χ2n) is 11.2. The van der Waals surface area contributed by atoms with Crippen LogP contribution in [-0.4, -0.2) is 20.2 Å². The van der Waals surface area contributed by atoms with Gasteiger partial charge in [-0.2, -0.15) is 5.26 Å². The molecule has 0 amide bonds. The zero-order chi connectivity index (χ0) is 45.5. The third-order valence-corrected chi connectivity index (χ3v) is 6.73. The molecule has 6 nitrogen and oxygen atoms in total. The number of nitrogens with zero attached hydrogens (tertiary/aromatic N) is 5. The maximum atomic E-state index is 9.91. The number of hydrogen-bond donors (Lipinski definition) is 0. The van der Waals surface area contributed by atoms with E-state index in [4.69, 9.17) is 25.0 Å². The van der Waals surface area contributed by atoms with Crippen LogP contribution in [0.3, 0.4) is 0 Å². The third-order valence-electron chi connectivity index (χ3n) is 6.73. The molecule has 3 aromatic heterocycles. The van der Waals surface area contributed by atoms with Gasteiger partial charge in [-0.3, -0.25) is 0 Å². The molecule has 0 saturated carbocycles. The summed E-state index contributed by atoms with van der Waals surface area (Å²) in [6, 6.07) is 24.0. The standard InChI is InChI=1S/C27H25N4O.C13H12N.Ir/c1-16-7-8-20(24-11-17(2)18(3)15-29-24)13-23(16)19-9-10-22(21(12-19)14-28)25-30-31-26(32-25)27(4,5)6;1-10-3-6-12(7-4-10)13-8-5-11(2)9-14-13;/h7,9-13,15H,1-6H3;3-6,8-9H,1-2H3;/q2*-1;/i1D3,2D3,3D3;1D3,2D3;. The largest absolute Gasteiger partial charge is 0.420 e. The molecule has 0 spiro atoms. The summed E-state index contributed by atoms with van der Waals surface area (Å²) in [5.74, 6) is 0.536. The van der Waals surface area contributed by atoms with Crippen LogP contribution >= 0.6 is 0 Å². The van der Waals surface area contributed by atoms with Gasteiger partial charge in [0.05, 0.1) is 17.2 Å². The predicted molar refractivity (Wildman–Crippen MR) is 183 cm³/mol. The van der Waals surface area contributed by atoms with E-state index in [-0.39, 0.29) is 70.6 Å². The molecular formula is C40H37IrN5O-2. The van der Waals surface area contributed by atoms with Crippen molar-refractivity contribution < 1.29 is 45.1 Å². The van der Waals surface area contributed by atoms with Crippen LogP contribution in [0.2, 0.25) is 0 Å². The number of hydrogen-bond acceptors (Lipinski definition) is 6. The van der Waals surface area contributed by atoms with Gasteiger partial charge in [0.2, 0.25) is 11.8 Å². The maximum absolute atomic E-state index is 9.91. The molecule has 0 fully saturated rings. The van der Waals surface area contributed by atoms with E-state index in [1.165, 1.54) is 42.6 Å². The van der Waals surface area contributed by atoms with Gasteiger partial charge >= 0.3 is 0 Å². The van der Waals surface area contributed by atoms with E-state index < -0.39 is 45.2 Å². The second kappa shape index (κ2) is 14.8. The Hall–Kier alpha value is -4.76. The van der Waals surface area contributed by atoms with E-state index >= 15 is 0 Å². The monoisotopic (exact) mass is 811 g/mol. The van der Waals surface area contributed by atoms with Crippen LogP contribution in [0.1, 0.15) is 80.6 Å². The summed E-state index contributed by atoms with van der Waals surface area (Å²) < 4.78 is 120. The molecule has 0 aliphatic rings. The fourth-order valence-corrected chi connectivity index (χ4v) is 4.24. The molecule has 6 aromatic rings. The van der Waals surface area contributed by atoms with Gasteiger partial charge in [-0.05, 0) is 60.8 Å². The minimum absolute atomic E-state index is 0. The molecule has 1 radical (unpaired) electrons. The summed E-state index contributed by atoms with van der Waals surface area (Å²) in [5, 5.41) is 18.1. The molecular weight excluding hydrogens is 759 g/mol. The van der Waals surface area contributed by atoms with Crippen molar-refractivity contribution in [2.45, 2.75) is 60.4 Å². The summed E-state index contributed by atoms with van der Waals surface area (Å²) in [5.41, 5.74) is 1.81. The number of pyridine rings is 2. The molecule has 7 heteroatoms. The molecule has 6 rings (SSSR count). The Kier molecular flexibility index (Phi) is 6.22. The number of benzene rings is 3. The van der Waals surface area contributed by atoms with E-state index in [0.717, 1.165) is 12.3 Å². The molecule has 0 bridgehead atoms. The molecule has 239 valence electrons. The summed E-state index contributed by atoms with van der Waals surface area (Å²) in [7, 11) is 0. The SMILES string of the molecule is [2H]C([2H])([2H])c1c[c-]c(-c2cc(C([2H])([2H])[2H])c(C([2H])([2H])[2H])cn2)cc1-c1ccc(-c2nnc(C(C)(C)C)o2)c(C#N)c1.[2H]C([2H])([2H])c1c[c-]c(-c2ccc(C([2H])([2H])[2H])cn2)cc1.[Ir]. The Bertz CT molecular complexity index is 2510. The first-order valence-corrected chi connectivity index (χ1v) is 13.9. The van der Waals surface area contributed by atoms with Crippen molar-refractivity contribution in [2.24, 2.45) is 0 Å². The zero-order valence-electron chi connectivity index (χ0n) is 40.5. The minimum atomic E-state index is -2.73. The number of aromatic nitrogens is 4. The van der Waals surface area contributed by atoms with E-state index in [0.29, 0.717) is 28.3 Å². The summed E-state index contributed by atoms with van der Waals surface area (Å²) >= 11 is 0. The number of rotatable bonds is 4. The Morgan fingerprint density at radius 3 is 2.13 bits per heavy atom. The Morgan fingerprint density at radius 1 is 0.723 bits per heavy atom. The quantitative estimate of drug-likeness (QED) is 0.165. The summed E-state index contributed by atoms with van der Waals surface area (Å²) in [6.45, 7) is -6.60. The second-order valence-corrected chi connectivity index (χ2v) is 11.2. The third kappa shape index (κ3) is 8.34. The number of nitriles is 1. The first kappa shape index (κ1) is 19.8. The first-order chi connectivity index (χ1) is 28.0. The molecule has 0 atom stereocenters. The van der Waals surface area contributed by atoms with Gasteiger partial charge in [0.1, 0.15) is 0 Å². The van der Waals surface area contributed by atoms with Gasteiger partial charge in [0.15, 0.2) is 0 Å². The Morgan fingerprint density at radius 2 is 1.49 bits per heavy atom. The average molecular weight is 811 g/mol. The first-order valence-electron chi connectivity index (χ1n) is 21.4. The molecule has 0 N–H and O–H groups in total. The van der Waals surface area contributed by atoms with Gasteiger partial charge < -0.3 is 14.4 Å². The van der Waals surface area contributed by atoms with Crippen LogP contribution in [0.15, 0.2) is 83.5 Å². The molecule has 47 heavy (non-hydrogen) atoms. The normalized spacial score (nSPS) is 16.9. The maximum Gasteiger partial charge on any atom is 0.249 e. The molecule has 3 aromatic carbocycles. The zero-order valence-corrected chi connectivity index (χ0v) is 27.9. The topological polar surface area (TPSA) is 88.5 Å². The van der Waals surface area contributed by atoms with Crippen molar-refractivity contribution in [3.05, 3.63) is 131 Å². The van der Waals surface area contributed by atoms with Crippen LogP contribution in [0.5, 0.6) is 0 Å². The van der Waals surface area contributed by atoms with Crippen molar-refractivity contribution in [3.63, 3.8) is 0 Å². The Balaban J connectivity index is 0.000000337. The molecule has 0 aliphatic heterocycles. The van der Waals surface area contributed by atoms with Gasteiger partial charge in [0, 0.05) is 58.5 Å². The van der Waals surface area contributed by atoms with E-state index in [9.17, 15) is 5.26 Å². The molecule has 0 aliphatic carbocycles. The number of aryl methyl sites for hydroxylation is 5. The van der Waals surface area contributed by atoms with Gasteiger partial charge in [0.25, 0.3) is 0 Å². The fraction of sp³-hybridized carbons (Fsp3) is 0.225. The van der Waals surface area contributed by atoms with Crippen LogP contribution in [0.25, 0.3) is 45.1 Å². The van der Waals surface area contributed by atoms with E-state index in [2.05, 4.69) is 38.4 Å². The van der Waals surface area contributed by atoms with Gasteiger partial charge in [-0.1, -0.05) is 69.9 Å². The molecule has 0 unspecified atom stereocenters. The Labute approximate surface area is 312 Å². The van der Waals surface area contributed by atoms with Gasteiger partial charge in [-0.15, -0.1) is 74.9 Å². The predicted octanol–water partition coefficient (Wildman–Crippen LogP) is 9.52. The fourth-order valence-electron chi connectivity index (χ4n) is 4.24. The van der Waals surface area contributed by atoms with Crippen LogP contribution in [0, 0.1) is 57.7 Å². The van der Waals surface area contributed by atoms with Crippen molar-refractivity contribution in [3.8, 4) is 51.2 Å². The van der Waals surface area contributed by atoms with Gasteiger partial charge in [-0.25, -0.2) is 0 Å². The summed E-state index contributed by atoms with van der Waals surface area (Å²) in [4.78, 5) is 8.24. The van der Waals surface area contributed by atoms with Crippen molar-refractivity contribution >= 4 is 0 Å². The van der Waals surface area contributed by atoms with E-state index in [1.54, 1.807) is 24.3 Å². The molecule has 3 heterocycles. The summed E-state index contributed by atoms with van der Waals surface area (Å²) in [6.07, 6.45) is 2.29. The van der Waals surface area contributed by atoms with Crippen LogP contribution in [0.4, 0.5) is 0 Å². The van der Waals surface area contributed by atoms with Crippen LogP contribution < -0.4 is 0 Å². The van der Waals surface area contributed by atoms with Crippen molar-refractivity contribution in [2.75, 3.05) is 0 Å². The van der Waals surface area contributed by atoms with Crippen LogP contribution in [-0.2, 0) is 25.5 Å². The van der Waals surface area contributed by atoms with E-state index in [1.807, 2.05) is 20.8 Å². The van der Waals surface area contributed by atoms with Crippen molar-refractivity contribution in [1.29, 1.82) is 5.26 Å². The average Bonchev–Trinajstić information content (AvgIpc) is 3.67. The minimum Gasteiger partial charge on any atom is -0.420 e.